The van der Waals surface area contributed by atoms with Crippen LogP contribution in [0, 0.1) is 0 Å². The van der Waals surface area contributed by atoms with Crippen molar-refractivity contribution in [2.45, 2.75) is 84.2 Å². The smallest absolute Gasteiger partial charge is 0.263 e. The fourth-order valence-electron chi connectivity index (χ4n) is 4.16. The molecule has 0 saturated carbocycles. The Morgan fingerprint density at radius 1 is 1.03 bits per heavy atom. The number of amides is 1. The number of primary amides is 1. The van der Waals surface area contributed by atoms with Crippen molar-refractivity contribution < 1.29 is 14.3 Å². The van der Waals surface area contributed by atoms with Gasteiger partial charge in [0.1, 0.15) is 5.75 Å². The van der Waals surface area contributed by atoms with Gasteiger partial charge >= 0.3 is 0 Å². The molecule has 0 heterocycles. The van der Waals surface area contributed by atoms with E-state index in [1.54, 1.807) is 0 Å². The van der Waals surface area contributed by atoms with Crippen LogP contribution in [0.5, 0.6) is 5.75 Å². The van der Waals surface area contributed by atoms with Gasteiger partial charge in [0.05, 0.1) is 0 Å². The van der Waals surface area contributed by atoms with Gasteiger partial charge in [-0.15, -0.1) is 0 Å². The summed E-state index contributed by atoms with van der Waals surface area (Å²) in [6.45, 7) is 13.1. The number of ketones is 1. The summed E-state index contributed by atoms with van der Waals surface area (Å²) in [5, 5.41) is 0. The zero-order valence-electron chi connectivity index (χ0n) is 19.7. The van der Waals surface area contributed by atoms with E-state index >= 15 is 0 Å². The van der Waals surface area contributed by atoms with Crippen LogP contribution in [0.4, 0.5) is 0 Å². The first kappa shape index (κ1) is 23.1. The molecule has 3 rings (SSSR count). The van der Waals surface area contributed by atoms with Gasteiger partial charge in [-0.2, -0.15) is 0 Å². The second-order valence-corrected chi connectivity index (χ2v) is 9.88. The zero-order valence-corrected chi connectivity index (χ0v) is 19.7. The lowest BCUT2D eigenvalue weighted by atomic mass is 9.77. The number of nitrogens with two attached hydrogens (primary N) is 1. The van der Waals surface area contributed by atoms with Crippen LogP contribution in [0.1, 0.15) is 99.5 Å². The molecule has 0 spiro atoms. The number of fused-ring (bicyclic) bond motifs is 1. The number of hydrogen-bond donors (Lipinski definition) is 1. The summed E-state index contributed by atoms with van der Waals surface area (Å²) in [6.07, 6.45) is 2.05. The molecule has 2 aromatic rings. The standard InChI is InChI=1S/C27H35NO3/c1-7-26(3,4)17-12-14-21(27(5,6)8-2)23(16-17)31-24(25(28)30)20-11-9-10-19-18(20)13-15-22(19)29/h9-12,14,16,24H,7-8,13,15H2,1-6H3,(H2,28,30). The molecule has 0 aliphatic heterocycles. The number of rotatable bonds is 8. The van der Waals surface area contributed by atoms with Crippen molar-refractivity contribution >= 4 is 11.7 Å². The van der Waals surface area contributed by atoms with E-state index in [0.717, 1.165) is 29.5 Å². The molecular formula is C27H35NO3. The molecule has 0 aromatic heterocycles. The average molecular weight is 422 g/mol. The Hall–Kier alpha value is -2.62. The van der Waals surface area contributed by atoms with Gasteiger partial charge in [0.25, 0.3) is 5.91 Å². The highest BCUT2D eigenvalue weighted by molar-refractivity contribution is 6.01. The molecule has 1 unspecified atom stereocenters. The second kappa shape index (κ2) is 8.49. The van der Waals surface area contributed by atoms with Crippen LogP contribution in [0.3, 0.4) is 0 Å². The molecule has 1 amide bonds. The lowest BCUT2D eigenvalue weighted by Gasteiger charge is -2.31. The van der Waals surface area contributed by atoms with Crippen molar-refractivity contribution in [3.8, 4) is 5.75 Å². The fourth-order valence-corrected chi connectivity index (χ4v) is 4.16. The molecule has 0 fully saturated rings. The summed E-state index contributed by atoms with van der Waals surface area (Å²) in [7, 11) is 0. The average Bonchev–Trinajstić information content (AvgIpc) is 3.12. The van der Waals surface area contributed by atoms with E-state index in [4.69, 9.17) is 10.5 Å². The largest absolute Gasteiger partial charge is 0.476 e. The molecule has 4 nitrogen and oxygen atoms in total. The highest BCUT2D eigenvalue weighted by Gasteiger charge is 2.32. The van der Waals surface area contributed by atoms with Crippen molar-refractivity contribution in [2.75, 3.05) is 0 Å². The lowest BCUT2D eigenvalue weighted by Crippen LogP contribution is -2.29. The maximum atomic E-state index is 12.6. The molecular weight excluding hydrogens is 386 g/mol. The normalized spacial score (nSPS) is 15.0. The van der Waals surface area contributed by atoms with E-state index in [-0.39, 0.29) is 16.6 Å². The molecule has 0 radical (unpaired) electrons. The molecule has 0 bridgehead atoms. The van der Waals surface area contributed by atoms with Gasteiger partial charge in [0, 0.05) is 17.5 Å². The summed E-state index contributed by atoms with van der Waals surface area (Å²) in [4.78, 5) is 24.8. The van der Waals surface area contributed by atoms with Gasteiger partial charge in [0.15, 0.2) is 5.78 Å². The minimum absolute atomic E-state index is 0.0182. The SMILES string of the molecule is CCC(C)(C)c1ccc(C(C)(C)CC)c(OC(C(N)=O)c2cccc3c2CCC3=O)c1. The Balaban J connectivity index is 2.13. The third kappa shape index (κ3) is 4.39. The monoisotopic (exact) mass is 421 g/mol. The van der Waals surface area contributed by atoms with Gasteiger partial charge in [0.2, 0.25) is 6.10 Å². The van der Waals surface area contributed by atoms with E-state index in [9.17, 15) is 9.59 Å². The maximum absolute atomic E-state index is 12.6. The molecule has 166 valence electrons. The molecule has 4 heteroatoms. The van der Waals surface area contributed by atoms with Crippen LogP contribution in [-0.4, -0.2) is 11.7 Å². The van der Waals surface area contributed by atoms with Gasteiger partial charge in [-0.05, 0) is 52.8 Å². The van der Waals surface area contributed by atoms with E-state index < -0.39 is 12.0 Å². The number of hydrogen-bond acceptors (Lipinski definition) is 3. The Kier molecular flexibility index (Phi) is 6.31. The lowest BCUT2D eigenvalue weighted by molar-refractivity contribution is -0.125. The molecule has 0 saturated heterocycles. The third-order valence-electron chi connectivity index (χ3n) is 7.16. The van der Waals surface area contributed by atoms with E-state index in [2.05, 4.69) is 59.7 Å². The second-order valence-electron chi connectivity index (χ2n) is 9.88. The number of ether oxygens (including phenoxy) is 1. The first-order valence-electron chi connectivity index (χ1n) is 11.3. The van der Waals surface area contributed by atoms with Gasteiger partial charge < -0.3 is 10.5 Å². The van der Waals surface area contributed by atoms with Gasteiger partial charge in [-0.25, -0.2) is 0 Å². The Morgan fingerprint density at radius 2 is 1.71 bits per heavy atom. The molecule has 1 aliphatic rings. The summed E-state index contributed by atoms with van der Waals surface area (Å²) < 4.78 is 6.44. The summed E-state index contributed by atoms with van der Waals surface area (Å²) in [5.74, 6) is 0.254. The molecule has 31 heavy (non-hydrogen) atoms. The Labute approximate surface area is 186 Å². The maximum Gasteiger partial charge on any atom is 0.263 e. The Morgan fingerprint density at radius 3 is 2.32 bits per heavy atom. The number of carbonyl (C=O) groups excluding carboxylic acids is 2. The van der Waals surface area contributed by atoms with Gasteiger partial charge in [-0.1, -0.05) is 71.9 Å². The summed E-state index contributed by atoms with van der Waals surface area (Å²) >= 11 is 0. The highest BCUT2D eigenvalue weighted by Crippen LogP contribution is 2.40. The van der Waals surface area contributed by atoms with Crippen LogP contribution in [-0.2, 0) is 22.0 Å². The third-order valence-corrected chi connectivity index (χ3v) is 7.16. The topological polar surface area (TPSA) is 69.4 Å². The van der Waals surface area contributed by atoms with Crippen LogP contribution in [0.2, 0.25) is 0 Å². The summed E-state index contributed by atoms with van der Waals surface area (Å²) in [5.41, 5.74) is 10.2. The van der Waals surface area contributed by atoms with E-state index in [1.807, 2.05) is 18.2 Å². The Bertz CT molecular complexity index is 1000. The summed E-state index contributed by atoms with van der Waals surface area (Å²) in [6, 6.07) is 11.9. The predicted molar refractivity (Wildman–Crippen MR) is 125 cm³/mol. The quantitative estimate of drug-likeness (QED) is 0.586. The fraction of sp³-hybridized carbons (Fsp3) is 0.481. The number of carbonyl (C=O) groups is 2. The van der Waals surface area contributed by atoms with Crippen LogP contribution in [0.25, 0.3) is 0 Å². The molecule has 2 aromatic carbocycles. The highest BCUT2D eigenvalue weighted by atomic mass is 16.5. The predicted octanol–water partition coefficient (Wildman–Crippen LogP) is 5.80. The van der Waals surface area contributed by atoms with Crippen molar-refractivity contribution in [1.29, 1.82) is 0 Å². The molecule has 2 N–H and O–H groups in total. The van der Waals surface area contributed by atoms with Crippen molar-refractivity contribution in [3.63, 3.8) is 0 Å². The van der Waals surface area contributed by atoms with E-state index in [1.165, 1.54) is 0 Å². The number of benzene rings is 2. The van der Waals surface area contributed by atoms with E-state index in [0.29, 0.717) is 29.7 Å². The minimum Gasteiger partial charge on any atom is -0.476 e. The van der Waals surface area contributed by atoms with Crippen LogP contribution in [0.15, 0.2) is 36.4 Å². The minimum atomic E-state index is -0.938. The first-order chi connectivity index (χ1) is 14.5. The van der Waals surface area contributed by atoms with Crippen molar-refractivity contribution in [2.24, 2.45) is 5.73 Å². The first-order valence-corrected chi connectivity index (χ1v) is 11.3. The van der Waals surface area contributed by atoms with Crippen molar-refractivity contribution in [1.82, 2.24) is 0 Å². The van der Waals surface area contributed by atoms with Gasteiger partial charge in [-0.3, -0.25) is 9.59 Å². The zero-order chi connectivity index (χ0) is 23.0. The number of Topliss-reactive ketones (excluding diaryl/α,β-unsaturated/α-hetero) is 1. The van der Waals surface area contributed by atoms with Crippen molar-refractivity contribution in [3.05, 3.63) is 64.2 Å². The molecule has 1 atom stereocenters. The molecule has 1 aliphatic carbocycles. The van der Waals surface area contributed by atoms with Crippen LogP contribution < -0.4 is 10.5 Å². The van der Waals surface area contributed by atoms with Crippen LogP contribution >= 0.6 is 0 Å².